The summed E-state index contributed by atoms with van der Waals surface area (Å²) in [6.07, 6.45) is 0.788. The predicted octanol–water partition coefficient (Wildman–Crippen LogP) is 3.18. The van der Waals surface area contributed by atoms with E-state index in [9.17, 15) is 8.76 Å². The summed E-state index contributed by atoms with van der Waals surface area (Å²) >= 11 is -2.33. The topological polar surface area (TPSA) is 43.4 Å². The molecule has 0 aromatic heterocycles. The summed E-state index contributed by atoms with van der Waals surface area (Å²) < 4.78 is 24.3. The Hall–Kier alpha value is -1.65. The second-order valence-electron chi connectivity index (χ2n) is 3.83. The van der Waals surface area contributed by atoms with E-state index in [0.29, 0.717) is 11.4 Å². The SMILES string of the molecule is CCc1ccccc1N(c1ccccc1)S(=O)[O-]. The van der Waals surface area contributed by atoms with Crippen molar-refractivity contribution < 1.29 is 8.76 Å². The zero-order valence-corrected chi connectivity index (χ0v) is 10.9. The minimum absolute atomic E-state index is 0.645. The van der Waals surface area contributed by atoms with Crippen LogP contribution in [-0.4, -0.2) is 8.76 Å². The van der Waals surface area contributed by atoms with Crippen molar-refractivity contribution in [1.29, 1.82) is 0 Å². The van der Waals surface area contributed by atoms with Gasteiger partial charge in [-0.25, -0.2) is 0 Å². The van der Waals surface area contributed by atoms with Gasteiger partial charge in [0.15, 0.2) is 0 Å². The van der Waals surface area contributed by atoms with Gasteiger partial charge in [-0.15, -0.1) is 0 Å². The van der Waals surface area contributed by atoms with E-state index in [1.54, 1.807) is 12.1 Å². The molecule has 2 aromatic rings. The number of hydrogen-bond acceptors (Lipinski definition) is 2. The highest BCUT2D eigenvalue weighted by atomic mass is 32.2. The van der Waals surface area contributed by atoms with Crippen LogP contribution in [0.2, 0.25) is 0 Å². The Kier molecular flexibility index (Phi) is 4.12. The first-order chi connectivity index (χ1) is 8.74. The highest BCUT2D eigenvalue weighted by molar-refractivity contribution is 7.81. The minimum Gasteiger partial charge on any atom is -0.755 e. The monoisotopic (exact) mass is 260 g/mol. The van der Waals surface area contributed by atoms with Crippen LogP contribution >= 0.6 is 0 Å². The molecule has 0 radical (unpaired) electrons. The molecule has 4 heteroatoms. The molecule has 1 atom stereocenters. The summed E-state index contributed by atoms with van der Waals surface area (Å²) in [6, 6.07) is 16.6. The molecule has 18 heavy (non-hydrogen) atoms. The number of nitrogens with zero attached hydrogens (tertiary/aromatic N) is 1. The molecule has 0 aliphatic carbocycles. The van der Waals surface area contributed by atoms with Gasteiger partial charge in [-0.2, -0.15) is 0 Å². The van der Waals surface area contributed by atoms with E-state index in [1.165, 1.54) is 4.31 Å². The average molecular weight is 260 g/mol. The molecule has 0 aliphatic heterocycles. The number of anilines is 2. The van der Waals surface area contributed by atoms with Crippen molar-refractivity contribution >= 4 is 22.6 Å². The number of para-hydroxylation sites is 2. The van der Waals surface area contributed by atoms with Crippen molar-refractivity contribution in [3.05, 3.63) is 60.2 Å². The summed E-state index contributed by atoms with van der Waals surface area (Å²) in [7, 11) is 0. The van der Waals surface area contributed by atoms with Gasteiger partial charge < -0.3 is 4.55 Å². The normalized spacial score (nSPS) is 12.1. The smallest absolute Gasteiger partial charge is 0.0569 e. The first-order valence-corrected chi connectivity index (χ1v) is 6.79. The van der Waals surface area contributed by atoms with Crippen LogP contribution < -0.4 is 4.31 Å². The second kappa shape index (κ2) is 5.80. The molecule has 0 bridgehead atoms. The van der Waals surface area contributed by atoms with E-state index in [2.05, 4.69) is 0 Å². The Labute approximate surface area is 109 Å². The van der Waals surface area contributed by atoms with Crippen LogP contribution in [0.1, 0.15) is 12.5 Å². The number of benzene rings is 2. The van der Waals surface area contributed by atoms with Crippen molar-refractivity contribution in [2.45, 2.75) is 13.3 Å². The van der Waals surface area contributed by atoms with Gasteiger partial charge in [0.25, 0.3) is 0 Å². The fraction of sp³-hybridized carbons (Fsp3) is 0.143. The van der Waals surface area contributed by atoms with Gasteiger partial charge in [0.1, 0.15) is 0 Å². The van der Waals surface area contributed by atoms with Gasteiger partial charge in [-0.1, -0.05) is 43.3 Å². The number of hydrogen-bond donors (Lipinski definition) is 0. The third kappa shape index (κ3) is 2.60. The van der Waals surface area contributed by atoms with Crippen molar-refractivity contribution in [3.8, 4) is 0 Å². The molecular formula is C14H14NO2S-. The van der Waals surface area contributed by atoms with E-state index < -0.39 is 11.3 Å². The molecule has 3 nitrogen and oxygen atoms in total. The number of aryl methyl sites for hydroxylation is 1. The lowest BCUT2D eigenvalue weighted by Gasteiger charge is -2.28. The third-order valence-corrected chi connectivity index (χ3v) is 3.44. The molecule has 0 spiro atoms. The molecule has 94 valence electrons. The molecule has 0 saturated heterocycles. The maximum absolute atomic E-state index is 11.5. The molecule has 0 amide bonds. The molecular weight excluding hydrogens is 246 g/mol. The van der Waals surface area contributed by atoms with Crippen LogP contribution in [0.4, 0.5) is 11.4 Å². The molecule has 0 fully saturated rings. The van der Waals surface area contributed by atoms with Gasteiger partial charge in [0, 0.05) is 0 Å². The van der Waals surface area contributed by atoms with Gasteiger partial charge in [0.2, 0.25) is 0 Å². The quantitative estimate of drug-likeness (QED) is 0.792. The van der Waals surface area contributed by atoms with Crippen molar-refractivity contribution in [3.63, 3.8) is 0 Å². The van der Waals surface area contributed by atoms with Crippen molar-refractivity contribution in [2.24, 2.45) is 0 Å². The molecule has 2 rings (SSSR count). The second-order valence-corrected chi connectivity index (χ2v) is 4.63. The first kappa shape index (κ1) is 12.8. The molecule has 0 heterocycles. The Morgan fingerprint density at radius 3 is 2.28 bits per heavy atom. The minimum atomic E-state index is -2.33. The van der Waals surface area contributed by atoms with Gasteiger partial charge in [0.05, 0.1) is 22.6 Å². The summed E-state index contributed by atoms with van der Waals surface area (Å²) in [6.45, 7) is 2.01. The fourth-order valence-corrected chi connectivity index (χ4v) is 2.51. The highest BCUT2D eigenvalue weighted by Gasteiger charge is 2.12. The largest absolute Gasteiger partial charge is 0.755 e. The predicted molar refractivity (Wildman–Crippen MR) is 73.3 cm³/mol. The van der Waals surface area contributed by atoms with Gasteiger partial charge in [-0.05, 0) is 30.2 Å². The van der Waals surface area contributed by atoms with Crippen LogP contribution in [0, 0.1) is 0 Å². The van der Waals surface area contributed by atoms with E-state index in [4.69, 9.17) is 0 Å². The average Bonchev–Trinajstić information content (AvgIpc) is 2.40. The maximum Gasteiger partial charge on any atom is 0.0569 e. The lowest BCUT2D eigenvalue weighted by molar-refractivity contribution is 0.537. The van der Waals surface area contributed by atoms with Crippen LogP contribution in [0.15, 0.2) is 54.6 Å². The third-order valence-electron chi connectivity index (χ3n) is 2.73. The highest BCUT2D eigenvalue weighted by Crippen LogP contribution is 2.29. The fourth-order valence-electron chi connectivity index (χ4n) is 1.88. The van der Waals surface area contributed by atoms with Gasteiger partial charge in [-0.3, -0.25) is 8.51 Å². The van der Waals surface area contributed by atoms with E-state index >= 15 is 0 Å². The Bertz CT molecular complexity index is 543. The zero-order valence-electron chi connectivity index (χ0n) is 10.1. The number of rotatable bonds is 4. The maximum atomic E-state index is 11.5. The van der Waals surface area contributed by atoms with E-state index in [0.717, 1.165) is 12.0 Å². The Morgan fingerprint density at radius 2 is 1.67 bits per heavy atom. The molecule has 0 saturated carbocycles. The molecule has 1 unspecified atom stereocenters. The Morgan fingerprint density at radius 1 is 1.06 bits per heavy atom. The van der Waals surface area contributed by atoms with Crippen molar-refractivity contribution in [2.75, 3.05) is 4.31 Å². The van der Waals surface area contributed by atoms with Crippen molar-refractivity contribution in [1.82, 2.24) is 0 Å². The summed E-state index contributed by atoms with van der Waals surface area (Å²) in [5.41, 5.74) is 2.36. The van der Waals surface area contributed by atoms with Crippen LogP contribution in [0.5, 0.6) is 0 Å². The van der Waals surface area contributed by atoms with E-state index in [1.807, 2.05) is 49.4 Å². The molecule has 0 aliphatic rings. The molecule has 0 N–H and O–H groups in total. The first-order valence-electron chi connectivity index (χ1n) is 5.76. The van der Waals surface area contributed by atoms with Gasteiger partial charge >= 0.3 is 0 Å². The molecule has 2 aromatic carbocycles. The van der Waals surface area contributed by atoms with Crippen LogP contribution in [0.25, 0.3) is 0 Å². The summed E-state index contributed by atoms with van der Waals surface area (Å²) in [4.78, 5) is 0. The zero-order chi connectivity index (χ0) is 13.0. The van der Waals surface area contributed by atoms with Crippen LogP contribution in [-0.2, 0) is 17.7 Å². The lowest BCUT2D eigenvalue weighted by Crippen LogP contribution is -2.20. The van der Waals surface area contributed by atoms with Crippen LogP contribution in [0.3, 0.4) is 0 Å². The Balaban J connectivity index is 2.52. The summed E-state index contributed by atoms with van der Waals surface area (Å²) in [5.74, 6) is 0. The standard InChI is InChI=1S/C14H15NO2S/c1-2-12-8-6-7-11-14(12)15(18(16)17)13-9-4-3-5-10-13/h3-11H,2H2,1H3,(H,16,17)/p-1. The van der Waals surface area contributed by atoms with E-state index in [-0.39, 0.29) is 0 Å². The summed E-state index contributed by atoms with van der Waals surface area (Å²) in [5, 5.41) is 0. The lowest BCUT2D eigenvalue weighted by atomic mass is 10.1.